The van der Waals surface area contributed by atoms with Crippen LogP contribution in [0.4, 0.5) is 0 Å². The number of carboxylic acids is 1. The molecule has 28 heavy (non-hydrogen) atoms. The van der Waals surface area contributed by atoms with Gasteiger partial charge < -0.3 is 24.6 Å². The maximum absolute atomic E-state index is 13.0. The van der Waals surface area contributed by atoms with Gasteiger partial charge in [-0.1, -0.05) is 30.3 Å². The van der Waals surface area contributed by atoms with E-state index < -0.39 is 17.5 Å². The van der Waals surface area contributed by atoms with Gasteiger partial charge in [0.05, 0.1) is 6.10 Å². The number of likely N-dealkylation sites (tertiary alicyclic amines) is 1. The van der Waals surface area contributed by atoms with E-state index in [4.69, 9.17) is 9.47 Å². The second-order valence-corrected chi connectivity index (χ2v) is 7.22. The normalized spacial score (nSPS) is 23.5. The van der Waals surface area contributed by atoms with E-state index in [1.807, 2.05) is 30.3 Å². The van der Waals surface area contributed by atoms with Crippen LogP contribution in [0.1, 0.15) is 22.3 Å². The SMILES string of the molecule is O=C(c1ccc2c(c1)OCO2)N1CC[C@@H](O)[C@](Cc2ccccc2)(C(=O)O)C1. The van der Waals surface area contributed by atoms with E-state index in [0.717, 1.165) is 5.56 Å². The maximum Gasteiger partial charge on any atom is 0.314 e. The number of fused-ring (bicyclic) bond motifs is 1. The van der Waals surface area contributed by atoms with E-state index in [9.17, 15) is 19.8 Å². The average Bonchev–Trinajstić information content (AvgIpc) is 3.17. The van der Waals surface area contributed by atoms with Crippen LogP contribution in [0, 0.1) is 5.41 Å². The third-order valence-corrected chi connectivity index (χ3v) is 5.48. The standard InChI is InChI=1S/C21H21NO6/c23-18-8-9-22(19(24)15-6-7-16-17(10-15)28-13-27-16)12-21(18,20(25)26)11-14-4-2-1-3-5-14/h1-7,10,18,23H,8-9,11-13H2,(H,25,26)/t18-,21-/m1/s1. The van der Waals surface area contributed by atoms with Gasteiger partial charge in [0.15, 0.2) is 11.5 Å². The van der Waals surface area contributed by atoms with Gasteiger partial charge in [-0.3, -0.25) is 9.59 Å². The number of carbonyl (C=O) groups excluding carboxylic acids is 1. The molecule has 2 atom stereocenters. The molecule has 2 heterocycles. The molecule has 0 saturated carbocycles. The second kappa shape index (κ2) is 7.16. The summed E-state index contributed by atoms with van der Waals surface area (Å²) in [5.74, 6) is -0.317. The van der Waals surface area contributed by atoms with Crippen molar-refractivity contribution in [1.82, 2.24) is 4.90 Å². The number of aliphatic hydroxyl groups is 1. The van der Waals surface area contributed by atoms with Gasteiger partial charge in [-0.05, 0) is 36.6 Å². The molecular weight excluding hydrogens is 362 g/mol. The number of hydrogen-bond donors (Lipinski definition) is 2. The van der Waals surface area contributed by atoms with Crippen molar-refractivity contribution in [2.45, 2.75) is 18.9 Å². The molecule has 7 nitrogen and oxygen atoms in total. The Kier molecular flexibility index (Phi) is 4.68. The van der Waals surface area contributed by atoms with E-state index in [2.05, 4.69) is 0 Å². The molecule has 2 N–H and O–H groups in total. The van der Waals surface area contributed by atoms with Crippen molar-refractivity contribution in [3.63, 3.8) is 0 Å². The van der Waals surface area contributed by atoms with Crippen LogP contribution in [0.3, 0.4) is 0 Å². The second-order valence-electron chi connectivity index (χ2n) is 7.22. The van der Waals surface area contributed by atoms with Crippen molar-refractivity contribution in [2.24, 2.45) is 5.41 Å². The maximum atomic E-state index is 13.0. The molecule has 1 fully saturated rings. The van der Waals surface area contributed by atoms with Crippen LogP contribution < -0.4 is 9.47 Å². The van der Waals surface area contributed by atoms with Gasteiger partial charge in [0.25, 0.3) is 5.91 Å². The topological polar surface area (TPSA) is 96.3 Å². The highest BCUT2D eigenvalue weighted by Crippen LogP contribution is 2.37. The Hall–Kier alpha value is -3.06. The first-order chi connectivity index (χ1) is 13.5. The summed E-state index contributed by atoms with van der Waals surface area (Å²) < 4.78 is 10.6. The predicted octanol–water partition coefficient (Wildman–Crippen LogP) is 1.94. The molecule has 0 aromatic heterocycles. The van der Waals surface area contributed by atoms with Crippen LogP contribution in [0.25, 0.3) is 0 Å². The summed E-state index contributed by atoms with van der Waals surface area (Å²) in [6.07, 6.45) is -0.684. The van der Waals surface area contributed by atoms with Crippen LogP contribution >= 0.6 is 0 Å². The van der Waals surface area contributed by atoms with Crippen molar-refractivity contribution in [2.75, 3.05) is 19.9 Å². The van der Waals surface area contributed by atoms with Crippen LogP contribution in [0.15, 0.2) is 48.5 Å². The molecule has 2 aliphatic rings. The van der Waals surface area contributed by atoms with Gasteiger partial charge in [0.1, 0.15) is 5.41 Å². The number of amides is 1. The molecule has 2 aromatic carbocycles. The monoisotopic (exact) mass is 383 g/mol. The Balaban J connectivity index is 1.60. The van der Waals surface area contributed by atoms with Crippen molar-refractivity contribution in [1.29, 1.82) is 0 Å². The molecule has 4 rings (SSSR count). The highest BCUT2D eigenvalue weighted by atomic mass is 16.7. The quantitative estimate of drug-likeness (QED) is 0.838. The zero-order chi connectivity index (χ0) is 19.7. The molecule has 0 bridgehead atoms. The van der Waals surface area contributed by atoms with E-state index >= 15 is 0 Å². The van der Waals surface area contributed by atoms with Gasteiger partial charge in [-0.2, -0.15) is 0 Å². The molecule has 1 saturated heterocycles. The van der Waals surface area contributed by atoms with E-state index in [1.165, 1.54) is 4.90 Å². The number of hydrogen-bond acceptors (Lipinski definition) is 5. The van der Waals surface area contributed by atoms with Crippen LogP contribution in [0.5, 0.6) is 11.5 Å². The molecule has 2 aliphatic heterocycles. The molecule has 0 unspecified atom stereocenters. The smallest absolute Gasteiger partial charge is 0.314 e. The van der Waals surface area contributed by atoms with Crippen LogP contribution in [-0.4, -0.2) is 53.0 Å². The fourth-order valence-corrected chi connectivity index (χ4v) is 3.88. The minimum atomic E-state index is -1.45. The van der Waals surface area contributed by atoms with Gasteiger partial charge in [-0.25, -0.2) is 0 Å². The van der Waals surface area contributed by atoms with Gasteiger partial charge in [0, 0.05) is 18.7 Å². The summed E-state index contributed by atoms with van der Waals surface area (Å²) in [6, 6.07) is 14.1. The van der Waals surface area contributed by atoms with Crippen LogP contribution in [-0.2, 0) is 11.2 Å². The molecule has 0 aliphatic carbocycles. The molecule has 0 spiro atoms. The molecule has 146 valence electrons. The number of ether oxygens (including phenoxy) is 2. The number of carboxylic acid groups (broad SMARTS) is 1. The Morgan fingerprint density at radius 1 is 1.11 bits per heavy atom. The van der Waals surface area contributed by atoms with E-state index in [0.29, 0.717) is 17.1 Å². The zero-order valence-electron chi connectivity index (χ0n) is 15.2. The lowest BCUT2D eigenvalue weighted by Gasteiger charge is -2.43. The highest BCUT2D eigenvalue weighted by molar-refractivity contribution is 5.95. The number of aliphatic carboxylic acids is 1. The summed E-state index contributed by atoms with van der Waals surface area (Å²) in [5, 5.41) is 20.6. The van der Waals surface area contributed by atoms with Crippen molar-refractivity contribution in [3.05, 3.63) is 59.7 Å². The van der Waals surface area contributed by atoms with Crippen molar-refractivity contribution >= 4 is 11.9 Å². The number of nitrogens with zero attached hydrogens (tertiary/aromatic N) is 1. The summed E-state index contributed by atoms with van der Waals surface area (Å²) in [5.41, 5.74) is -0.244. The average molecular weight is 383 g/mol. The molecule has 7 heteroatoms. The lowest BCUT2D eigenvalue weighted by atomic mass is 9.72. The molecular formula is C21H21NO6. The lowest BCUT2D eigenvalue weighted by Crippen LogP contribution is -2.58. The number of rotatable bonds is 4. The molecule has 0 radical (unpaired) electrons. The first-order valence-corrected chi connectivity index (χ1v) is 9.14. The largest absolute Gasteiger partial charge is 0.481 e. The fraction of sp³-hybridized carbons (Fsp3) is 0.333. The zero-order valence-corrected chi connectivity index (χ0v) is 15.2. The number of aliphatic hydroxyl groups excluding tert-OH is 1. The van der Waals surface area contributed by atoms with Crippen molar-refractivity contribution < 1.29 is 29.3 Å². The highest BCUT2D eigenvalue weighted by Gasteiger charge is 2.50. The number of carbonyl (C=O) groups is 2. The number of piperidine rings is 1. The third-order valence-electron chi connectivity index (χ3n) is 5.48. The van der Waals surface area contributed by atoms with Gasteiger partial charge in [-0.15, -0.1) is 0 Å². The minimum Gasteiger partial charge on any atom is -0.481 e. The first-order valence-electron chi connectivity index (χ1n) is 9.14. The Morgan fingerprint density at radius 3 is 2.61 bits per heavy atom. The Labute approximate surface area is 162 Å². The van der Waals surface area contributed by atoms with E-state index in [1.54, 1.807) is 18.2 Å². The fourth-order valence-electron chi connectivity index (χ4n) is 3.88. The first kappa shape index (κ1) is 18.3. The summed E-state index contributed by atoms with van der Waals surface area (Å²) in [7, 11) is 0. The minimum absolute atomic E-state index is 0.0638. The Morgan fingerprint density at radius 2 is 1.86 bits per heavy atom. The predicted molar refractivity (Wildman–Crippen MR) is 99.3 cm³/mol. The number of benzene rings is 2. The van der Waals surface area contributed by atoms with E-state index in [-0.39, 0.29) is 38.6 Å². The van der Waals surface area contributed by atoms with Gasteiger partial charge >= 0.3 is 5.97 Å². The lowest BCUT2D eigenvalue weighted by molar-refractivity contribution is -0.161. The van der Waals surface area contributed by atoms with Crippen molar-refractivity contribution in [3.8, 4) is 11.5 Å². The molecule has 1 amide bonds. The van der Waals surface area contributed by atoms with Gasteiger partial charge in [0.2, 0.25) is 6.79 Å². The Bertz CT molecular complexity index is 899. The van der Waals surface area contributed by atoms with Crippen LogP contribution in [0.2, 0.25) is 0 Å². The molecule has 2 aromatic rings. The summed E-state index contributed by atoms with van der Waals surface area (Å²) in [4.78, 5) is 26.7. The third kappa shape index (κ3) is 3.18. The summed E-state index contributed by atoms with van der Waals surface area (Å²) >= 11 is 0. The summed E-state index contributed by atoms with van der Waals surface area (Å²) in [6.45, 7) is 0.339.